The Balaban J connectivity index is 1.49. The first-order valence-corrected chi connectivity index (χ1v) is 13.0. The Morgan fingerprint density at radius 2 is 1.86 bits per heavy atom. The Bertz CT molecular complexity index is 1570. The molecule has 9 nitrogen and oxygen atoms in total. The maximum atomic E-state index is 12.8. The van der Waals surface area contributed by atoms with Gasteiger partial charge in [0.2, 0.25) is 5.06 Å². The number of anilines is 1. The largest absolute Gasteiger partial charge is 0.494 e. The van der Waals surface area contributed by atoms with Gasteiger partial charge < -0.3 is 9.47 Å². The topological polar surface area (TPSA) is 116 Å². The molecular weight excluding hydrogens is 512 g/mol. The van der Waals surface area contributed by atoms with Crippen molar-refractivity contribution < 1.29 is 19.2 Å². The van der Waals surface area contributed by atoms with Crippen molar-refractivity contribution in [3.05, 3.63) is 87.9 Å². The summed E-state index contributed by atoms with van der Waals surface area (Å²) in [4.78, 5) is 32.5. The van der Waals surface area contributed by atoms with E-state index in [4.69, 9.17) is 9.47 Å². The Morgan fingerprint density at radius 1 is 1.05 bits per heavy atom. The molecule has 0 bridgehead atoms. The zero-order valence-corrected chi connectivity index (χ0v) is 21.2. The number of carbonyl (C=O) groups excluding carboxylic acids is 1. The molecule has 0 saturated carbocycles. The fourth-order valence-corrected chi connectivity index (χ4v) is 5.07. The Hall–Kier alpha value is -4.35. The lowest BCUT2D eigenvalue weighted by molar-refractivity contribution is -0.380. The lowest BCUT2D eigenvalue weighted by Crippen LogP contribution is -2.09. The molecule has 1 N–H and O–H groups in total. The predicted octanol–water partition coefficient (Wildman–Crippen LogP) is 7.16. The Morgan fingerprint density at radius 3 is 2.62 bits per heavy atom. The summed E-state index contributed by atoms with van der Waals surface area (Å²) in [7, 11) is 0. The third-order valence-electron chi connectivity index (χ3n) is 5.21. The molecule has 5 aromatic rings. The van der Waals surface area contributed by atoms with Crippen LogP contribution >= 0.6 is 22.7 Å². The van der Waals surface area contributed by atoms with Crippen LogP contribution in [0.15, 0.2) is 72.9 Å². The number of aromatic nitrogens is 2. The van der Waals surface area contributed by atoms with Crippen LogP contribution in [0.4, 0.5) is 10.1 Å². The van der Waals surface area contributed by atoms with Gasteiger partial charge in [0.15, 0.2) is 10.9 Å². The van der Waals surface area contributed by atoms with Crippen LogP contribution in [0, 0.1) is 10.1 Å². The van der Waals surface area contributed by atoms with Gasteiger partial charge in [-0.05, 0) is 48.9 Å². The molecule has 1 amide bonds. The molecule has 0 spiro atoms. The van der Waals surface area contributed by atoms with Crippen molar-refractivity contribution in [3.8, 4) is 27.8 Å². The molecule has 0 unspecified atom stereocenters. The highest BCUT2D eigenvalue weighted by Crippen LogP contribution is 2.42. The van der Waals surface area contributed by atoms with Crippen LogP contribution in [0.3, 0.4) is 0 Å². The second kappa shape index (κ2) is 10.7. The summed E-state index contributed by atoms with van der Waals surface area (Å²) in [5, 5.41) is 15.3. The van der Waals surface area contributed by atoms with Crippen molar-refractivity contribution in [2.45, 2.75) is 13.3 Å². The van der Waals surface area contributed by atoms with Gasteiger partial charge >= 0.3 is 5.00 Å². The first-order chi connectivity index (χ1) is 18.0. The van der Waals surface area contributed by atoms with Gasteiger partial charge in [-0.3, -0.25) is 25.2 Å². The summed E-state index contributed by atoms with van der Waals surface area (Å²) in [6.07, 6.45) is 2.60. The number of nitrogens with one attached hydrogen (secondary N) is 1. The number of thiazole rings is 1. The number of fused-ring (bicyclic) bond motifs is 1. The van der Waals surface area contributed by atoms with E-state index in [1.807, 2.05) is 61.5 Å². The van der Waals surface area contributed by atoms with Crippen LogP contribution in [0.5, 0.6) is 16.6 Å². The number of ether oxygens (including phenoxy) is 2. The van der Waals surface area contributed by atoms with Gasteiger partial charge in [0.05, 0.1) is 16.4 Å². The van der Waals surface area contributed by atoms with E-state index in [0.29, 0.717) is 33.8 Å². The molecule has 5 rings (SSSR count). The lowest BCUT2D eigenvalue weighted by Gasteiger charge is -2.09. The number of hydrogen-bond acceptors (Lipinski definition) is 9. The zero-order chi connectivity index (χ0) is 25.8. The number of hydrogen-bond donors (Lipinski definition) is 1. The standard InChI is InChI=1S/C26H20N4O5S2/c1-2-15-34-18-10-8-17(9-11-18)23-25(35-19-7-3-5-16-6-4-14-27-22(16)19)37-26(28-23)29-24(31)20-12-13-21(36-20)30(32)33/h3-14H,2,15H2,1H3,(H,28,29,31). The average Bonchev–Trinajstić information content (AvgIpc) is 3.56. The van der Waals surface area contributed by atoms with Crippen molar-refractivity contribution in [2.24, 2.45) is 0 Å². The van der Waals surface area contributed by atoms with Crippen LogP contribution in [-0.4, -0.2) is 27.4 Å². The molecule has 3 heterocycles. The van der Waals surface area contributed by atoms with E-state index in [0.717, 1.165) is 45.8 Å². The van der Waals surface area contributed by atoms with E-state index in [-0.39, 0.29) is 9.88 Å². The number of amides is 1. The summed E-state index contributed by atoms with van der Waals surface area (Å²) in [5.74, 6) is 0.812. The number of nitrogens with zero attached hydrogens (tertiary/aromatic N) is 3. The third-order valence-corrected chi connectivity index (χ3v) is 7.10. The highest BCUT2D eigenvalue weighted by atomic mass is 32.1. The smallest absolute Gasteiger partial charge is 0.324 e. The monoisotopic (exact) mass is 532 g/mol. The lowest BCUT2D eigenvalue weighted by atomic mass is 10.1. The third kappa shape index (κ3) is 5.42. The van der Waals surface area contributed by atoms with Crippen LogP contribution in [0.25, 0.3) is 22.2 Å². The van der Waals surface area contributed by atoms with Gasteiger partial charge in [-0.2, -0.15) is 0 Å². The number of pyridine rings is 1. The highest BCUT2D eigenvalue weighted by Gasteiger charge is 2.21. The van der Waals surface area contributed by atoms with Crippen LogP contribution in [-0.2, 0) is 0 Å². The van der Waals surface area contributed by atoms with Crippen molar-refractivity contribution >= 4 is 49.6 Å². The number of para-hydroxylation sites is 1. The first kappa shape index (κ1) is 24.3. The number of rotatable bonds is 9. The summed E-state index contributed by atoms with van der Waals surface area (Å²) in [6, 6.07) is 19.6. The molecule has 37 heavy (non-hydrogen) atoms. The van der Waals surface area contributed by atoms with Gasteiger partial charge in [-0.1, -0.05) is 47.8 Å². The number of carbonyl (C=O) groups is 1. The highest BCUT2D eigenvalue weighted by molar-refractivity contribution is 7.19. The van der Waals surface area contributed by atoms with E-state index in [9.17, 15) is 14.9 Å². The summed E-state index contributed by atoms with van der Waals surface area (Å²) in [5.41, 5.74) is 2.01. The SMILES string of the molecule is CCCOc1ccc(-c2nc(NC(=O)c3ccc([N+](=O)[O-])s3)sc2Oc2cccc3cccnc23)cc1. The Kier molecular flexibility index (Phi) is 7.06. The van der Waals surface area contributed by atoms with Crippen molar-refractivity contribution in [2.75, 3.05) is 11.9 Å². The number of thiophene rings is 1. The van der Waals surface area contributed by atoms with E-state index >= 15 is 0 Å². The van der Waals surface area contributed by atoms with Gasteiger partial charge in [0, 0.05) is 23.2 Å². The predicted molar refractivity (Wildman–Crippen MR) is 144 cm³/mol. The van der Waals surface area contributed by atoms with Crippen molar-refractivity contribution in [3.63, 3.8) is 0 Å². The molecule has 186 valence electrons. The fraction of sp³-hybridized carbons (Fsp3) is 0.115. The average molecular weight is 533 g/mol. The molecular formula is C26H20N4O5S2. The fourth-order valence-electron chi connectivity index (χ4n) is 3.51. The van der Waals surface area contributed by atoms with Crippen LogP contribution in [0.1, 0.15) is 23.0 Å². The Labute approximate surface area is 219 Å². The normalized spacial score (nSPS) is 10.8. The number of nitro groups is 1. The van der Waals surface area contributed by atoms with E-state index < -0.39 is 10.8 Å². The zero-order valence-electron chi connectivity index (χ0n) is 19.5. The van der Waals surface area contributed by atoms with Gasteiger partial charge in [-0.15, -0.1) is 0 Å². The molecule has 0 saturated heterocycles. The number of benzene rings is 2. The second-order valence-electron chi connectivity index (χ2n) is 7.81. The minimum absolute atomic E-state index is 0.108. The molecule has 0 atom stereocenters. The minimum atomic E-state index is -0.527. The van der Waals surface area contributed by atoms with Crippen molar-refractivity contribution in [1.29, 1.82) is 0 Å². The summed E-state index contributed by atoms with van der Waals surface area (Å²) < 4.78 is 12.0. The molecule has 0 fully saturated rings. The molecule has 0 aliphatic carbocycles. The van der Waals surface area contributed by atoms with Crippen LogP contribution < -0.4 is 14.8 Å². The van der Waals surface area contributed by atoms with Gasteiger partial charge in [0.25, 0.3) is 5.91 Å². The molecule has 2 aromatic carbocycles. The van der Waals surface area contributed by atoms with Gasteiger partial charge in [0.1, 0.15) is 17.0 Å². The molecule has 11 heteroatoms. The quantitative estimate of drug-likeness (QED) is 0.158. The van der Waals surface area contributed by atoms with E-state index in [2.05, 4.69) is 15.3 Å². The maximum Gasteiger partial charge on any atom is 0.324 e. The maximum absolute atomic E-state index is 12.8. The van der Waals surface area contributed by atoms with Gasteiger partial charge in [-0.25, -0.2) is 4.98 Å². The molecule has 3 aromatic heterocycles. The summed E-state index contributed by atoms with van der Waals surface area (Å²) >= 11 is 1.96. The molecule has 0 radical (unpaired) electrons. The second-order valence-corrected chi connectivity index (χ2v) is 9.83. The first-order valence-electron chi connectivity index (χ1n) is 11.3. The minimum Gasteiger partial charge on any atom is -0.494 e. The van der Waals surface area contributed by atoms with Crippen LogP contribution in [0.2, 0.25) is 0 Å². The molecule has 0 aliphatic rings. The van der Waals surface area contributed by atoms with E-state index in [1.165, 1.54) is 12.1 Å². The van der Waals surface area contributed by atoms with E-state index in [1.54, 1.807) is 6.20 Å². The molecule has 0 aliphatic heterocycles. The van der Waals surface area contributed by atoms with Crippen molar-refractivity contribution in [1.82, 2.24) is 9.97 Å². The summed E-state index contributed by atoms with van der Waals surface area (Å²) in [6.45, 7) is 2.66.